The number of rotatable bonds is 6. The number of aromatic amines is 1. The summed E-state index contributed by atoms with van der Waals surface area (Å²) in [5, 5.41) is 21.1. The fraction of sp³-hybridized carbons (Fsp3) is 0.143. The quantitative estimate of drug-likeness (QED) is 0.133. The van der Waals surface area contributed by atoms with Gasteiger partial charge in [-0.05, 0) is 205 Å². The second-order valence-electron chi connectivity index (χ2n) is 27.9. The van der Waals surface area contributed by atoms with Crippen molar-refractivity contribution >= 4 is 166 Å². The van der Waals surface area contributed by atoms with Crippen LogP contribution < -0.4 is 10.0 Å². The number of nitrogens with zero attached hydrogens (tertiary/aromatic N) is 1. The summed E-state index contributed by atoms with van der Waals surface area (Å²) in [7, 11) is 1.69. The number of halogens is 1. The molecule has 0 saturated heterocycles. The second-order valence-corrected chi connectivity index (χ2v) is 31.9. The topological polar surface area (TPSA) is 56.2 Å². The number of benzene rings is 14. The Hall–Kier alpha value is -10.8. The molecule has 2 fully saturated rings. The van der Waals surface area contributed by atoms with Gasteiger partial charge >= 0.3 is 0 Å². The van der Waals surface area contributed by atoms with Crippen molar-refractivity contribution in [1.82, 2.24) is 9.55 Å². The number of furan rings is 2. The van der Waals surface area contributed by atoms with Crippen LogP contribution in [-0.4, -0.2) is 28.0 Å². The van der Waals surface area contributed by atoms with Crippen molar-refractivity contribution < 1.29 is 13.6 Å². The predicted octanol–water partition coefficient (Wildman–Crippen LogP) is 28.5. The molecule has 0 bridgehead atoms. The van der Waals surface area contributed by atoms with E-state index in [1.54, 1.807) is 5.30 Å². The molecular formula is C98H82IN2O3P. The maximum atomic E-state index is 6.17. The van der Waals surface area contributed by atoms with E-state index in [2.05, 4.69) is 324 Å². The average molecular weight is 1490 g/mol. The van der Waals surface area contributed by atoms with E-state index in [0.29, 0.717) is 0 Å². The summed E-state index contributed by atoms with van der Waals surface area (Å²) < 4.78 is 21.3. The fourth-order valence-electron chi connectivity index (χ4n) is 16.8. The zero-order valence-corrected chi connectivity index (χ0v) is 62.4. The van der Waals surface area contributed by atoms with Crippen molar-refractivity contribution in [1.29, 1.82) is 0 Å². The molecule has 20 rings (SSSR count). The first-order valence-corrected chi connectivity index (χ1v) is 39.8. The van der Waals surface area contributed by atoms with Gasteiger partial charge in [-0.1, -0.05) is 289 Å². The van der Waals surface area contributed by atoms with Crippen LogP contribution in [0.25, 0.3) is 147 Å². The van der Waals surface area contributed by atoms with Gasteiger partial charge in [-0.3, -0.25) is 0 Å². The number of fused-ring (bicyclic) bond motifs is 20. The van der Waals surface area contributed by atoms with Crippen LogP contribution >= 0.6 is 30.5 Å². The molecule has 1 N–H and O–H groups in total. The van der Waals surface area contributed by atoms with Crippen molar-refractivity contribution in [2.45, 2.75) is 82.4 Å². The number of para-hydroxylation sites is 6. The monoisotopic (exact) mass is 1490 g/mol. The molecule has 105 heavy (non-hydrogen) atoms. The molecule has 18 aromatic rings. The molecule has 0 radical (unpaired) electrons. The molecule has 4 aromatic heterocycles. The summed E-state index contributed by atoms with van der Waals surface area (Å²) in [4.78, 5) is 3.66. The van der Waals surface area contributed by atoms with Gasteiger partial charge < -0.3 is 23.1 Å². The number of H-pyrrole nitrogens is 1. The third-order valence-electron chi connectivity index (χ3n) is 21.7. The van der Waals surface area contributed by atoms with Crippen LogP contribution in [-0.2, 0) is 0 Å². The van der Waals surface area contributed by atoms with E-state index in [0.717, 1.165) is 77.9 Å². The average Bonchev–Trinajstić information content (AvgIpc) is 1.72. The molecule has 0 spiro atoms. The number of aromatic nitrogens is 2. The van der Waals surface area contributed by atoms with E-state index in [9.17, 15) is 0 Å². The van der Waals surface area contributed by atoms with Crippen molar-refractivity contribution in [2.75, 3.05) is 7.11 Å². The lowest BCUT2D eigenvalue weighted by Crippen LogP contribution is -2.27. The smallest absolute Gasteiger partial charge is 0.135 e. The molecular weight excluding hydrogens is 1410 g/mol. The Morgan fingerprint density at radius 3 is 1.20 bits per heavy atom. The lowest BCUT2D eigenvalue weighted by Gasteiger charge is -2.39. The van der Waals surface area contributed by atoms with E-state index < -0.39 is 0 Å². The molecule has 0 unspecified atom stereocenters. The second kappa shape index (κ2) is 30.5. The third-order valence-corrected chi connectivity index (χ3v) is 25.9. The number of ether oxygens (including phenoxy) is 1. The van der Waals surface area contributed by atoms with Gasteiger partial charge in [-0.15, -0.1) is 0 Å². The standard InChI is InChI=1S/C36H23NO.C26H35OP.C24H17N.C12H7IO/c1-3-13-27-25(11-1)26-12-2-4-14-28(26)30-16-6-9-19-34(30)37(33-18-8-5-15-29(27)33)24-21-22-36-32(23-24)31-17-7-10-20-35(31)38-36;1-20-12-11-18-24(27-2)26(20)23-17-9-10-19-25(23)28(21-13-5-3-6-14-21)22-15-7-4-8-16-22;1-3-11-19-17(9-1)18-10-2-4-12-20(18)22-14-6-8-16-24(22)25-23-15-7-5-13-21(19)23;13-8-5-6-12-10(7-8)9-3-1-2-4-11(9)14-12/h1-23H;9-12,17-19,21-22H,3-8,13-16H2,1-2H3;1-16,25H;1-7H. The summed E-state index contributed by atoms with van der Waals surface area (Å²) in [5.74, 6) is 1.02. The molecule has 14 aromatic carbocycles. The number of methoxy groups -OCH3 is 1. The molecule has 5 nitrogen and oxygen atoms in total. The van der Waals surface area contributed by atoms with Crippen molar-refractivity contribution in [3.8, 4) is 22.6 Å². The molecule has 514 valence electrons. The van der Waals surface area contributed by atoms with Crippen molar-refractivity contribution in [3.63, 3.8) is 0 Å². The predicted molar refractivity (Wildman–Crippen MR) is 459 cm³/mol. The van der Waals surface area contributed by atoms with Gasteiger partial charge in [0.15, 0.2) is 0 Å². The minimum Gasteiger partial charge on any atom is -0.496 e. The zero-order valence-electron chi connectivity index (χ0n) is 59.3. The Morgan fingerprint density at radius 2 is 0.714 bits per heavy atom. The summed E-state index contributed by atoms with van der Waals surface area (Å²) in [5.41, 5.74) is 15.3. The minimum absolute atomic E-state index is 0.122. The molecule has 0 amide bonds. The first kappa shape index (κ1) is 67.4. The summed E-state index contributed by atoms with van der Waals surface area (Å²) in [6.07, 6.45) is 14.4. The number of nitrogens with one attached hydrogen (secondary N) is 1. The zero-order chi connectivity index (χ0) is 70.6. The minimum atomic E-state index is -0.122. The van der Waals surface area contributed by atoms with E-state index in [-0.39, 0.29) is 7.92 Å². The van der Waals surface area contributed by atoms with Crippen LogP contribution in [0.3, 0.4) is 0 Å². The number of hydrogen-bond donors (Lipinski definition) is 1. The van der Waals surface area contributed by atoms with E-state index in [1.807, 2.05) is 43.5 Å². The molecule has 7 heteroatoms. The van der Waals surface area contributed by atoms with E-state index in [4.69, 9.17) is 13.6 Å². The van der Waals surface area contributed by atoms with Crippen LogP contribution in [0.1, 0.15) is 69.8 Å². The van der Waals surface area contributed by atoms with Crippen molar-refractivity contribution in [3.05, 3.63) is 331 Å². The van der Waals surface area contributed by atoms with Crippen LogP contribution in [0, 0.1) is 10.5 Å². The largest absolute Gasteiger partial charge is 0.496 e. The highest BCUT2D eigenvalue weighted by Crippen LogP contribution is 2.57. The fourth-order valence-corrected chi connectivity index (χ4v) is 21.3. The summed E-state index contributed by atoms with van der Waals surface area (Å²) >= 11 is 2.32. The van der Waals surface area contributed by atoms with Gasteiger partial charge in [0.05, 0.1) is 18.1 Å². The highest BCUT2D eigenvalue weighted by molar-refractivity contribution is 14.1. The Bertz CT molecular complexity index is 6160. The van der Waals surface area contributed by atoms with Crippen LogP contribution in [0.15, 0.2) is 330 Å². The molecule has 4 heterocycles. The van der Waals surface area contributed by atoms with Gasteiger partial charge in [-0.2, -0.15) is 0 Å². The lowest BCUT2D eigenvalue weighted by atomic mass is 9.99. The van der Waals surface area contributed by atoms with Gasteiger partial charge in [-0.25, -0.2) is 0 Å². The highest BCUT2D eigenvalue weighted by atomic mass is 127. The number of aryl methyl sites for hydroxylation is 1. The van der Waals surface area contributed by atoms with Crippen LogP contribution in [0.2, 0.25) is 0 Å². The third kappa shape index (κ3) is 13.4. The molecule has 2 aliphatic rings. The molecule has 0 aliphatic heterocycles. The first-order valence-electron chi connectivity index (χ1n) is 37.2. The van der Waals surface area contributed by atoms with Gasteiger partial charge in [0, 0.05) is 68.9 Å². The number of hydrogen-bond acceptors (Lipinski definition) is 3. The molecule has 2 saturated carbocycles. The summed E-state index contributed by atoms with van der Waals surface area (Å²) in [6.45, 7) is 2.23. The normalized spacial score (nSPS) is 13.5. The Balaban J connectivity index is 0.000000108. The Kier molecular flexibility index (Phi) is 19.6. The first-order chi connectivity index (χ1) is 51.9. The lowest BCUT2D eigenvalue weighted by molar-refractivity contribution is 0.416. The maximum Gasteiger partial charge on any atom is 0.135 e. The van der Waals surface area contributed by atoms with Gasteiger partial charge in [0.1, 0.15) is 28.1 Å². The van der Waals surface area contributed by atoms with Gasteiger partial charge in [0.25, 0.3) is 0 Å². The summed E-state index contributed by atoms with van der Waals surface area (Å²) in [6, 6.07) is 114. The van der Waals surface area contributed by atoms with E-state index >= 15 is 0 Å². The van der Waals surface area contributed by atoms with Crippen molar-refractivity contribution in [2.24, 2.45) is 0 Å². The Labute approximate surface area is 627 Å². The molecule has 0 atom stereocenters. The van der Waals surface area contributed by atoms with Crippen LogP contribution in [0.5, 0.6) is 5.75 Å². The Morgan fingerprint density at radius 1 is 0.343 bits per heavy atom. The van der Waals surface area contributed by atoms with Crippen LogP contribution in [0.4, 0.5) is 0 Å². The maximum absolute atomic E-state index is 6.17. The van der Waals surface area contributed by atoms with Gasteiger partial charge in [0.2, 0.25) is 0 Å². The molecule has 2 aliphatic carbocycles. The van der Waals surface area contributed by atoms with E-state index in [1.165, 1.54) is 160 Å². The highest BCUT2D eigenvalue weighted by Gasteiger charge is 2.34. The SMILES string of the molecule is COc1cccc(C)c1-c1ccccc1P(C1CCCCC1)C1CCCCC1.Ic1ccc2oc3ccccc3c2c1.c1ccc2c(c1)[nH]c1ccccc1c1ccccc1c1ccccc21.c1ccc2c(c1)oc1ccc(-n3c4ccccc4c4ccccc4c4ccccc4c4ccccc43)cc12.